The summed E-state index contributed by atoms with van der Waals surface area (Å²) in [5.41, 5.74) is 1.45. The van der Waals surface area contributed by atoms with Crippen LogP contribution in [0.15, 0.2) is 52.3 Å². The molecule has 0 bridgehead atoms. The quantitative estimate of drug-likeness (QED) is 0.678. The molecular weight excluding hydrogens is 424 g/mol. The van der Waals surface area contributed by atoms with Crippen molar-refractivity contribution in [2.75, 3.05) is 57.8 Å². The summed E-state index contributed by atoms with van der Waals surface area (Å²) < 4.78 is 13.2. The molecule has 32 heavy (non-hydrogen) atoms. The molecule has 1 N–H and O–H groups in total. The number of benzene rings is 2. The lowest BCUT2D eigenvalue weighted by atomic mass is 10.1. The summed E-state index contributed by atoms with van der Waals surface area (Å²) in [7, 11) is 0.651. The number of rotatable bonds is 6. The molecule has 0 radical (unpaired) electrons. The van der Waals surface area contributed by atoms with Crippen LogP contribution >= 0.6 is 0 Å². The topological polar surface area (TPSA) is 73.0 Å². The van der Waals surface area contributed by atoms with Crippen LogP contribution in [0.1, 0.15) is 34.1 Å². The lowest BCUT2D eigenvalue weighted by Gasteiger charge is -2.32. The van der Waals surface area contributed by atoms with E-state index in [9.17, 15) is 13.8 Å². The maximum atomic E-state index is 13.2. The van der Waals surface area contributed by atoms with Crippen molar-refractivity contribution < 1.29 is 13.8 Å². The van der Waals surface area contributed by atoms with E-state index >= 15 is 0 Å². The number of piperazine rings is 1. The van der Waals surface area contributed by atoms with E-state index in [0.29, 0.717) is 39.7 Å². The number of likely N-dealkylation sites (N-methyl/N-ethyl adjacent to an activating group) is 1. The van der Waals surface area contributed by atoms with Crippen molar-refractivity contribution in [3.05, 3.63) is 53.6 Å². The maximum Gasteiger partial charge on any atom is 0.259 e. The molecule has 2 aromatic rings. The number of hydrogen-bond donors (Lipinski definition) is 1. The smallest absolute Gasteiger partial charge is 0.259 e. The van der Waals surface area contributed by atoms with Crippen LogP contribution in [0.25, 0.3) is 0 Å². The minimum absolute atomic E-state index is 0.178. The van der Waals surface area contributed by atoms with Gasteiger partial charge < -0.3 is 20.0 Å². The van der Waals surface area contributed by atoms with Crippen LogP contribution in [0.3, 0.4) is 0 Å². The predicted molar refractivity (Wildman–Crippen MR) is 126 cm³/mol. The van der Waals surface area contributed by atoms with E-state index in [2.05, 4.69) is 22.2 Å². The number of carbonyl (C=O) groups is 2. The van der Waals surface area contributed by atoms with Crippen LogP contribution in [0.2, 0.25) is 0 Å². The summed E-state index contributed by atoms with van der Waals surface area (Å²) in [5.74, 6) is -0.373. The fourth-order valence-electron chi connectivity index (χ4n) is 4.20. The first-order valence-corrected chi connectivity index (χ1v) is 12.3. The fourth-order valence-corrected chi connectivity index (χ4v) is 5.54. The van der Waals surface area contributed by atoms with Gasteiger partial charge in [-0.25, -0.2) is 4.21 Å². The minimum Gasteiger partial charge on any atom is -0.352 e. The number of hydrogen-bond acceptors (Lipinski definition) is 5. The van der Waals surface area contributed by atoms with E-state index in [1.165, 1.54) is 0 Å². The Hall–Kier alpha value is -2.55. The molecule has 1 fully saturated rings. The molecule has 8 heteroatoms. The van der Waals surface area contributed by atoms with Crippen molar-refractivity contribution in [2.24, 2.45) is 0 Å². The molecule has 1 atom stereocenters. The maximum absolute atomic E-state index is 13.2. The summed E-state index contributed by atoms with van der Waals surface area (Å²) >= 11 is 0. The number of nitrogens with zero attached hydrogens (tertiary/aromatic N) is 3. The fraction of sp³-hybridized carbons (Fsp3) is 0.417. The normalized spacial score (nSPS) is 19.2. The zero-order valence-electron chi connectivity index (χ0n) is 18.7. The summed E-state index contributed by atoms with van der Waals surface area (Å²) in [6.45, 7) is 8.16. The van der Waals surface area contributed by atoms with E-state index in [1.807, 2.05) is 6.92 Å². The Morgan fingerprint density at radius 3 is 2.56 bits per heavy atom. The van der Waals surface area contributed by atoms with Gasteiger partial charge in [0, 0.05) is 44.8 Å². The number of amides is 2. The molecule has 2 amide bonds. The first-order valence-electron chi connectivity index (χ1n) is 11.2. The first-order chi connectivity index (χ1) is 15.5. The van der Waals surface area contributed by atoms with Crippen molar-refractivity contribution in [1.29, 1.82) is 0 Å². The molecule has 2 aromatic carbocycles. The Morgan fingerprint density at radius 2 is 1.81 bits per heavy atom. The highest BCUT2D eigenvalue weighted by molar-refractivity contribution is 7.85. The highest BCUT2D eigenvalue weighted by atomic mass is 32.2. The molecule has 0 saturated carbocycles. The molecule has 2 aliphatic heterocycles. The highest BCUT2D eigenvalue weighted by Gasteiger charge is 2.30. The molecule has 7 nitrogen and oxygen atoms in total. The van der Waals surface area contributed by atoms with Crippen molar-refractivity contribution in [1.82, 2.24) is 15.1 Å². The van der Waals surface area contributed by atoms with Crippen molar-refractivity contribution >= 4 is 28.3 Å². The van der Waals surface area contributed by atoms with Crippen LogP contribution in [-0.2, 0) is 10.8 Å². The van der Waals surface area contributed by atoms with Gasteiger partial charge >= 0.3 is 0 Å². The summed E-state index contributed by atoms with van der Waals surface area (Å²) in [6.07, 6.45) is 0.888. The standard InChI is InChI=1S/C24H30N4O3S/c1-3-28-20-17-18(23(29)25-11-6-12-27-15-13-26(2)14-16-27)9-10-22(20)32(31)21-8-5-4-7-19(21)24(28)30/h4-5,7-10,17H,3,6,11-16H2,1-2H3,(H,25,29). The van der Waals surface area contributed by atoms with Gasteiger partial charge in [0.05, 0.1) is 31.8 Å². The van der Waals surface area contributed by atoms with Gasteiger partial charge in [0.25, 0.3) is 11.8 Å². The average Bonchev–Trinajstić information content (AvgIpc) is 2.90. The SMILES string of the molecule is CCN1C(=O)c2ccccc2S(=O)c2ccc(C(=O)NCCCN3CCN(C)CC3)cc21. The predicted octanol–water partition coefficient (Wildman–Crippen LogP) is 2.20. The van der Waals surface area contributed by atoms with E-state index in [0.717, 1.165) is 39.1 Å². The zero-order chi connectivity index (χ0) is 22.7. The van der Waals surface area contributed by atoms with Gasteiger partial charge in [-0.15, -0.1) is 0 Å². The molecule has 4 rings (SSSR count). The second-order valence-corrected chi connectivity index (χ2v) is 9.67. The van der Waals surface area contributed by atoms with E-state index < -0.39 is 10.8 Å². The number of carbonyl (C=O) groups excluding carboxylic acids is 2. The van der Waals surface area contributed by atoms with Gasteiger partial charge in [0.2, 0.25) is 0 Å². The molecule has 170 valence electrons. The second kappa shape index (κ2) is 9.94. The van der Waals surface area contributed by atoms with Crippen LogP contribution in [0, 0.1) is 0 Å². The molecule has 2 aliphatic rings. The first kappa shape index (κ1) is 22.6. The number of fused-ring (bicyclic) bond motifs is 2. The Kier molecular flexibility index (Phi) is 7.03. The summed E-state index contributed by atoms with van der Waals surface area (Å²) in [4.78, 5) is 33.3. The zero-order valence-corrected chi connectivity index (χ0v) is 19.5. The number of nitrogens with one attached hydrogen (secondary N) is 1. The van der Waals surface area contributed by atoms with Crippen LogP contribution in [0.5, 0.6) is 0 Å². The Bertz CT molecular complexity index is 1030. The van der Waals surface area contributed by atoms with Gasteiger partial charge in [-0.2, -0.15) is 0 Å². The second-order valence-electron chi connectivity index (χ2n) is 8.25. The van der Waals surface area contributed by atoms with Crippen molar-refractivity contribution in [3.63, 3.8) is 0 Å². The minimum atomic E-state index is -1.49. The molecular formula is C24H30N4O3S. The lowest BCUT2D eigenvalue weighted by molar-refractivity contribution is 0.0946. The van der Waals surface area contributed by atoms with Gasteiger partial charge in [-0.1, -0.05) is 12.1 Å². The molecule has 2 heterocycles. The third-order valence-electron chi connectivity index (χ3n) is 6.12. The Morgan fingerprint density at radius 1 is 1.06 bits per heavy atom. The molecule has 0 spiro atoms. The molecule has 1 unspecified atom stereocenters. The lowest BCUT2D eigenvalue weighted by Crippen LogP contribution is -2.45. The summed E-state index contributed by atoms with van der Waals surface area (Å²) in [5, 5.41) is 2.99. The van der Waals surface area contributed by atoms with E-state index in [4.69, 9.17) is 0 Å². The van der Waals surface area contributed by atoms with Gasteiger partial charge in [0.15, 0.2) is 0 Å². The molecule has 0 aromatic heterocycles. The van der Waals surface area contributed by atoms with E-state index in [-0.39, 0.29) is 11.8 Å². The average molecular weight is 455 g/mol. The Labute approximate surface area is 191 Å². The van der Waals surface area contributed by atoms with Crippen LogP contribution in [0.4, 0.5) is 5.69 Å². The van der Waals surface area contributed by atoms with Gasteiger partial charge in [0.1, 0.15) is 0 Å². The highest BCUT2D eigenvalue weighted by Crippen LogP contribution is 2.35. The van der Waals surface area contributed by atoms with Gasteiger partial charge in [-0.3, -0.25) is 9.59 Å². The third kappa shape index (κ3) is 4.62. The van der Waals surface area contributed by atoms with Crippen LogP contribution in [-0.4, -0.2) is 78.7 Å². The van der Waals surface area contributed by atoms with Gasteiger partial charge in [-0.05, 0) is 57.3 Å². The van der Waals surface area contributed by atoms with Crippen molar-refractivity contribution in [3.8, 4) is 0 Å². The number of anilines is 1. The van der Waals surface area contributed by atoms with Crippen molar-refractivity contribution in [2.45, 2.75) is 23.1 Å². The molecule has 0 aliphatic carbocycles. The Balaban J connectivity index is 1.46. The van der Waals surface area contributed by atoms with Crippen LogP contribution < -0.4 is 10.2 Å². The largest absolute Gasteiger partial charge is 0.352 e. The third-order valence-corrected chi connectivity index (χ3v) is 7.62. The van der Waals surface area contributed by atoms with E-state index in [1.54, 1.807) is 47.4 Å². The summed E-state index contributed by atoms with van der Waals surface area (Å²) in [6, 6.07) is 12.1. The molecule has 1 saturated heterocycles. The monoisotopic (exact) mass is 454 g/mol.